The molecule has 0 aliphatic carbocycles. The SMILES string of the molecule is O=C(Cn1nc(C(F)F)cc1C(F)F)N1CCN(Cc2ccc(Cl)cc2)CC1. The molecule has 0 saturated carbocycles. The highest BCUT2D eigenvalue weighted by Gasteiger charge is 2.26. The largest absolute Gasteiger partial charge is 0.339 e. The first-order valence-corrected chi connectivity index (χ1v) is 9.10. The summed E-state index contributed by atoms with van der Waals surface area (Å²) in [5.41, 5.74) is -0.331. The third-order valence-corrected chi connectivity index (χ3v) is 4.86. The zero-order chi connectivity index (χ0) is 20.3. The van der Waals surface area contributed by atoms with Crippen molar-refractivity contribution in [2.24, 2.45) is 0 Å². The lowest BCUT2D eigenvalue weighted by Gasteiger charge is -2.34. The van der Waals surface area contributed by atoms with E-state index in [0.717, 1.165) is 5.56 Å². The van der Waals surface area contributed by atoms with E-state index in [1.807, 2.05) is 24.3 Å². The molecule has 5 nitrogen and oxygen atoms in total. The second-order valence-corrected chi connectivity index (χ2v) is 6.97. The average molecular weight is 419 g/mol. The Hall–Kier alpha value is -2.13. The van der Waals surface area contributed by atoms with Crippen LogP contribution >= 0.6 is 11.6 Å². The minimum atomic E-state index is -2.98. The number of hydrogen-bond donors (Lipinski definition) is 0. The number of nitrogens with zero attached hydrogens (tertiary/aromatic N) is 4. The highest BCUT2D eigenvalue weighted by atomic mass is 35.5. The lowest BCUT2D eigenvalue weighted by Crippen LogP contribution is -2.49. The van der Waals surface area contributed by atoms with Crippen molar-refractivity contribution in [3.05, 3.63) is 52.3 Å². The van der Waals surface area contributed by atoms with Crippen LogP contribution in [0.4, 0.5) is 17.6 Å². The van der Waals surface area contributed by atoms with Crippen LogP contribution in [0.25, 0.3) is 0 Å². The maximum absolute atomic E-state index is 13.0. The van der Waals surface area contributed by atoms with Crippen LogP contribution in [-0.4, -0.2) is 51.7 Å². The Morgan fingerprint density at radius 3 is 2.25 bits per heavy atom. The van der Waals surface area contributed by atoms with Crippen LogP contribution in [0.15, 0.2) is 30.3 Å². The van der Waals surface area contributed by atoms with E-state index >= 15 is 0 Å². The molecule has 0 radical (unpaired) electrons. The first-order chi connectivity index (χ1) is 13.3. The molecular formula is C18H19ClF4N4O. The van der Waals surface area contributed by atoms with Crippen LogP contribution in [0, 0.1) is 0 Å². The van der Waals surface area contributed by atoms with Gasteiger partial charge in [0.25, 0.3) is 12.9 Å². The van der Waals surface area contributed by atoms with Crippen LogP contribution in [-0.2, 0) is 17.9 Å². The summed E-state index contributed by atoms with van der Waals surface area (Å²) in [5.74, 6) is -0.419. The number of amides is 1. The van der Waals surface area contributed by atoms with Gasteiger partial charge in [-0.05, 0) is 23.8 Å². The molecule has 1 saturated heterocycles. The fourth-order valence-electron chi connectivity index (χ4n) is 3.09. The van der Waals surface area contributed by atoms with E-state index in [0.29, 0.717) is 48.5 Å². The minimum Gasteiger partial charge on any atom is -0.339 e. The van der Waals surface area contributed by atoms with Gasteiger partial charge in [-0.15, -0.1) is 0 Å². The molecule has 1 aromatic heterocycles. The molecule has 3 rings (SSSR count). The zero-order valence-corrected chi connectivity index (χ0v) is 15.6. The van der Waals surface area contributed by atoms with Crippen molar-refractivity contribution >= 4 is 17.5 Å². The summed E-state index contributed by atoms with van der Waals surface area (Å²) in [4.78, 5) is 16.1. The summed E-state index contributed by atoms with van der Waals surface area (Å²) < 4.78 is 52.2. The molecule has 28 heavy (non-hydrogen) atoms. The van der Waals surface area contributed by atoms with Crippen molar-refractivity contribution in [3.8, 4) is 0 Å². The highest BCUT2D eigenvalue weighted by Crippen LogP contribution is 2.25. The monoisotopic (exact) mass is 418 g/mol. The van der Waals surface area contributed by atoms with E-state index in [9.17, 15) is 22.4 Å². The van der Waals surface area contributed by atoms with Crippen LogP contribution < -0.4 is 0 Å². The molecule has 1 aliphatic heterocycles. The van der Waals surface area contributed by atoms with Crippen molar-refractivity contribution < 1.29 is 22.4 Å². The number of halogens is 5. The fourth-order valence-corrected chi connectivity index (χ4v) is 3.22. The molecular weight excluding hydrogens is 400 g/mol. The molecule has 0 unspecified atom stereocenters. The number of aromatic nitrogens is 2. The maximum atomic E-state index is 13.0. The minimum absolute atomic E-state index is 0.419. The van der Waals surface area contributed by atoms with Gasteiger partial charge in [0, 0.05) is 37.7 Å². The smallest absolute Gasteiger partial charge is 0.282 e. The van der Waals surface area contributed by atoms with Gasteiger partial charge in [-0.3, -0.25) is 14.4 Å². The summed E-state index contributed by atoms with van der Waals surface area (Å²) in [6, 6.07) is 8.14. The predicted molar refractivity (Wildman–Crippen MR) is 95.5 cm³/mol. The summed E-state index contributed by atoms with van der Waals surface area (Å²) >= 11 is 5.87. The zero-order valence-electron chi connectivity index (χ0n) is 14.9. The van der Waals surface area contributed by atoms with Gasteiger partial charge < -0.3 is 4.90 Å². The van der Waals surface area contributed by atoms with Gasteiger partial charge in [-0.25, -0.2) is 17.6 Å². The van der Waals surface area contributed by atoms with Crippen molar-refractivity contribution in [3.63, 3.8) is 0 Å². The molecule has 0 atom stereocenters. The Balaban J connectivity index is 1.56. The fraction of sp³-hybridized carbons (Fsp3) is 0.444. The number of alkyl halides is 4. The molecule has 1 aromatic carbocycles. The quantitative estimate of drug-likeness (QED) is 0.671. The lowest BCUT2D eigenvalue weighted by atomic mass is 10.2. The van der Waals surface area contributed by atoms with E-state index in [1.54, 1.807) is 0 Å². The number of hydrogen-bond acceptors (Lipinski definition) is 3. The standard InChI is InChI=1S/C18H19ClF4N4O/c19-13-3-1-12(2-4-13)10-25-5-7-26(8-6-25)16(28)11-27-15(18(22)23)9-14(24-27)17(20)21/h1-4,9,17-18H,5-8,10-11H2. The van der Waals surface area contributed by atoms with E-state index in [2.05, 4.69) is 10.00 Å². The van der Waals surface area contributed by atoms with Crippen molar-refractivity contribution in [2.75, 3.05) is 26.2 Å². The molecule has 0 N–H and O–H groups in total. The van der Waals surface area contributed by atoms with Gasteiger partial charge in [0.1, 0.15) is 17.9 Å². The Morgan fingerprint density at radius 1 is 1.04 bits per heavy atom. The van der Waals surface area contributed by atoms with Crippen molar-refractivity contribution in [1.82, 2.24) is 19.6 Å². The Labute approximate surface area is 164 Å². The van der Waals surface area contributed by atoms with Crippen LogP contribution in [0.2, 0.25) is 5.02 Å². The van der Waals surface area contributed by atoms with Gasteiger partial charge in [0.05, 0.1) is 0 Å². The number of carbonyl (C=O) groups excluding carboxylic acids is 1. The maximum Gasteiger partial charge on any atom is 0.282 e. The van der Waals surface area contributed by atoms with Gasteiger partial charge >= 0.3 is 0 Å². The number of rotatable bonds is 6. The van der Waals surface area contributed by atoms with Crippen LogP contribution in [0.3, 0.4) is 0 Å². The van der Waals surface area contributed by atoms with Crippen molar-refractivity contribution in [1.29, 1.82) is 0 Å². The molecule has 1 fully saturated rings. The third kappa shape index (κ3) is 5.02. The van der Waals surface area contributed by atoms with E-state index in [-0.39, 0.29) is 0 Å². The molecule has 10 heteroatoms. The molecule has 2 aromatic rings. The summed E-state index contributed by atoms with van der Waals surface area (Å²) in [6.45, 7) is 2.34. The Morgan fingerprint density at radius 2 is 1.68 bits per heavy atom. The van der Waals surface area contributed by atoms with Gasteiger partial charge in [-0.1, -0.05) is 23.7 Å². The first-order valence-electron chi connectivity index (χ1n) is 8.72. The summed E-state index contributed by atoms with van der Waals surface area (Å²) in [6.07, 6.45) is -5.95. The average Bonchev–Trinajstić information content (AvgIpc) is 3.08. The molecule has 0 bridgehead atoms. The highest BCUT2D eigenvalue weighted by molar-refractivity contribution is 6.30. The van der Waals surface area contributed by atoms with Gasteiger partial charge in [-0.2, -0.15) is 5.10 Å². The molecule has 1 aliphatic rings. The number of piperazine rings is 1. The molecule has 0 spiro atoms. The van der Waals surface area contributed by atoms with E-state index < -0.39 is 36.7 Å². The molecule has 152 valence electrons. The Kier molecular flexibility index (Phi) is 6.56. The van der Waals surface area contributed by atoms with Gasteiger partial charge in [0.2, 0.25) is 5.91 Å². The molecule has 1 amide bonds. The number of benzene rings is 1. The second-order valence-electron chi connectivity index (χ2n) is 6.54. The summed E-state index contributed by atoms with van der Waals surface area (Å²) in [5, 5.41) is 4.12. The topological polar surface area (TPSA) is 41.4 Å². The summed E-state index contributed by atoms with van der Waals surface area (Å²) in [7, 11) is 0. The van der Waals surface area contributed by atoms with Crippen LogP contribution in [0.5, 0.6) is 0 Å². The number of carbonyl (C=O) groups is 1. The predicted octanol–water partition coefficient (Wildman–Crippen LogP) is 3.76. The lowest BCUT2D eigenvalue weighted by molar-refractivity contribution is -0.134. The second kappa shape index (κ2) is 8.91. The molecule has 2 heterocycles. The first kappa shape index (κ1) is 20.6. The van der Waals surface area contributed by atoms with Crippen LogP contribution in [0.1, 0.15) is 29.8 Å². The third-order valence-electron chi connectivity index (χ3n) is 4.61. The van der Waals surface area contributed by atoms with Crippen molar-refractivity contribution in [2.45, 2.75) is 25.9 Å². The Bertz CT molecular complexity index is 804. The van der Waals surface area contributed by atoms with Gasteiger partial charge in [0.15, 0.2) is 0 Å². The van der Waals surface area contributed by atoms with E-state index in [1.165, 1.54) is 4.90 Å². The normalized spacial score (nSPS) is 15.6. The van der Waals surface area contributed by atoms with E-state index in [4.69, 9.17) is 11.6 Å².